The normalized spacial score (nSPS) is 29.9. The van der Waals surface area contributed by atoms with E-state index in [1.54, 1.807) is 0 Å². The van der Waals surface area contributed by atoms with Crippen molar-refractivity contribution in [2.45, 2.75) is 51.5 Å². The van der Waals surface area contributed by atoms with E-state index in [2.05, 4.69) is 52.0 Å². The molecule has 0 aromatic heterocycles. The number of hydrogen-bond donors (Lipinski definition) is 1. The molecule has 16 heavy (non-hydrogen) atoms. The lowest BCUT2D eigenvalue weighted by Crippen LogP contribution is -2.50. The first-order chi connectivity index (χ1) is 7.34. The molecule has 1 aromatic carbocycles. The van der Waals surface area contributed by atoms with Crippen LogP contribution < -0.4 is 5.73 Å². The summed E-state index contributed by atoms with van der Waals surface area (Å²) >= 11 is 0. The number of benzene rings is 1. The monoisotopic (exact) mass is 217 g/mol. The molecule has 1 aliphatic rings. The van der Waals surface area contributed by atoms with Crippen LogP contribution in [0.25, 0.3) is 0 Å². The molecule has 88 valence electrons. The first-order valence-electron chi connectivity index (χ1n) is 6.24. The molecule has 1 heteroatoms. The Hall–Kier alpha value is -0.820. The van der Waals surface area contributed by atoms with E-state index in [4.69, 9.17) is 5.73 Å². The van der Waals surface area contributed by atoms with E-state index < -0.39 is 0 Å². The highest BCUT2D eigenvalue weighted by atomic mass is 14.8. The molecule has 1 aliphatic carbocycles. The molecule has 2 N–H and O–H groups in total. The summed E-state index contributed by atoms with van der Waals surface area (Å²) in [6.45, 7) is 8.98. The molecule has 2 atom stereocenters. The van der Waals surface area contributed by atoms with E-state index in [1.807, 2.05) is 0 Å². The van der Waals surface area contributed by atoms with Crippen LogP contribution in [0.3, 0.4) is 0 Å². The van der Waals surface area contributed by atoms with Crippen LogP contribution in [0.4, 0.5) is 0 Å². The van der Waals surface area contributed by atoms with Crippen LogP contribution in [0, 0.1) is 5.92 Å². The summed E-state index contributed by atoms with van der Waals surface area (Å²) in [7, 11) is 0. The minimum Gasteiger partial charge on any atom is -0.321 e. The van der Waals surface area contributed by atoms with Gasteiger partial charge in [-0.3, -0.25) is 0 Å². The quantitative estimate of drug-likeness (QED) is 0.764. The molecule has 0 heterocycles. The summed E-state index contributed by atoms with van der Waals surface area (Å²) < 4.78 is 0. The average molecular weight is 217 g/mol. The van der Waals surface area contributed by atoms with Gasteiger partial charge in [-0.2, -0.15) is 0 Å². The zero-order chi connectivity index (χ0) is 12.0. The minimum absolute atomic E-state index is 0.0591. The lowest BCUT2D eigenvalue weighted by Gasteiger charge is -2.45. The third kappa shape index (κ3) is 1.78. The third-order valence-corrected chi connectivity index (χ3v) is 4.16. The molecule has 0 aliphatic heterocycles. The molecule has 0 radical (unpaired) electrons. The van der Waals surface area contributed by atoms with E-state index in [9.17, 15) is 0 Å². The standard InChI is InChI=1S/C15H23N/c1-11-9-10-15(11,16)13-7-5-12(6-8-13)14(2,3)4/h5-8,11H,9-10,16H2,1-4H3. The van der Waals surface area contributed by atoms with Gasteiger partial charge in [0.15, 0.2) is 0 Å². The second-order valence-corrected chi connectivity index (χ2v) is 6.31. The molecule has 0 amide bonds. The summed E-state index contributed by atoms with van der Waals surface area (Å²) in [5.41, 5.74) is 9.28. The van der Waals surface area contributed by atoms with Crippen molar-refractivity contribution in [1.29, 1.82) is 0 Å². The van der Waals surface area contributed by atoms with Crippen molar-refractivity contribution >= 4 is 0 Å². The molecular weight excluding hydrogens is 194 g/mol. The molecule has 2 rings (SSSR count). The Morgan fingerprint density at radius 2 is 1.75 bits per heavy atom. The van der Waals surface area contributed by atoms with Crippen LogP contribution >= 0.6 is 0 Å². The van der Waals surface area contributed by atoms with Crippen molar-refractivity contribution in [2.24, 2.45) is 11.7 Å². The topological polar surface area (TPSA) is 26.0 Å². The van der Waals surface area contributed by atoms with Gasteiger partial charge in [0.25, 0.3) is 0 Å². The van der Waals surface area contributed by atoms with Gasteiger partial charge in [0.1, 0.15) is 0 Å². The fourth-order valence-corrected chi connectivity index (χ4v) is 2.45. The smallest absolute Gasteiger partial charge is 0.0435 e. The molecule has 0 spiro atoms. The Morgan fingerprint density at radius 1 is 1.19 bits per heavy atom. The molecule has 1 nitrogen and oxygen atoms in total. The van der Waals surface area contributed by atoms with Crippen LogP contribution in [0.1, 0.15) is 51.7 Å². The predicted molar refractivity (Wildman–Crippen MR) is 69.4 cm³/mol. The Labute approximate surface area is 99.0 Å². The Morgan fingerprint density at radius 3 is 2.06 bits per heavy atom. The molecule has 0 bridgehead atoms. The van der Waals surface area contributed by atoms with Crippen molar-refractivity contribution in [3.63, 3.8) is 0 Å². The molecule has 1 aromatic rings. The summed E-state index contributed by atoms with van der Waals surface area (Å²) in [6.07, 6.45) is 2.39. The van der Waals surface area contributed by atoms with Gasteiger partial charge in [-0.15, -0.1) is 0 Å². The van der Waals surface area contributed by atoms with Gasteiger partial charge in [0.2, 0.25) is 0 Å². The maximum Gasteiger partial charge on any atom is 0.0435 e. The van der Waals surface area contributed by atoms with E-state index in [-0.39, 0.29) is 11.0 Å². The second-order valence-electron chi connectivity index (χ2n) is 6.31. The lowest BCUT2D eigenvalue weighted by atomic mass is 9.64. The molecule has 1 saturated carbocycles. The van der Waals surface area contributed by atoms with Crippen molar-refractivity contribution in [2.75, 3.05) is 0 Å². The maximum absolute atomic E-state index is 6.43. The van der Waals surface area contributed by atoms with Crippen molar-refractivity contribution in [3.8, 4) is 0 Å². The summed E-state index contributed by atoms with van der Waals surface area (Å²) in [6, 6.07) is 8.90. The van der Waals surface area contributed by atoms with Gasteiger partial charge >= 0.3 is 0 Å². The first kappa shape index (κ1) is 11.7. The number of hydrogen-bond acceptors (Lipinski definition) is 1. The van der Waals surface area contributed by atoms with E-state index in [1.165, 1.54) is 17.5 Å². The van der Waals surface area contributed by atoms with Crippen LogP contribution in [0.15, 0.2) is 24.3 Å². The first-order valence-corrected chi connectivity index (χ1v) is 6.24. The third-order valence-electron chi connectivity index (χ3n) is 4.16. The minimum atomic E-state index is -0.0591. The highest BCUT2D eigenvalue weighted by Crippen LogP contribution is 2.44. The van der Waals surface area contributed by atoms with E-state index >= 15 is 0 Å². The Bertz CT molecular complexity index is 371. The summed E-state index contributed by atoms with van der Waals surface area (Å²) in [5.74, 6) is 0.619. The fourth-order valence-electron chi connectivity index (χ4n) is 2.45. The van der Waals surface area contributed by atoms with Crippen molar-refractivity contribution in [1.82, 2.24) is 0 Å². The maximum atomic E-state index is 6.43. The number of rotatable bonds is 1. The molecule has 2 unspecified atom stereocenters. The van der Waals surface area contributed by atoms with Crippen molar-refractivity contribution in [3.05, 3.63) is 35.4 Å². The SMILES string of the molecule is CC1CCC1(N)c1ccc(C(C)(C)C)cc1. The molecule has 1 fully saturated rings. The van der Waals surface area contributed by atoms with Gasteiger partial charge in [0.05, 0.1) is 0 Å². The van der Waals surface area contributed by atoms with Crippen LogP contribution in [-0.4, -0.2) is 0 Å². The molecule has 0 saturated heterocycles. The fraction of sp³-hybridized carbons (Fsp3) is 0.600. The zero-order valence-electron chi connectivity index (χ0n) is 10.9. The van der Waals surface area contributed by atoms with Crippen molar-refractivity contribution < 1.29 is 0 Å². The van der Waals surface area contributed by atoms with Gasteiger partial charge in [-0.05, 0) is 35.3 Å². The van der Waals surface area contributed by atoms with Gasteiger partial charge in [-0.25, -0.2) is 0 Å². The number of nitrogens with two attached hydrogens (primary N) is 1. The largest absolute Gasteiger partial charge is 0.321 e. The highest BCUT2D eigenvalue weighted by molar-refractivity contribution is 5.33. The van der Waals surface area contributed by atoms with Crippen LogP contribution in [-0.2, 0) is 11.0 Å². The lowest BCUT2D eigenvalue weighted by molar-refractivity contribution is 0.145. The van der Waals surface area contributed by atoms with Crippen LogP contribution in [0.2, 0.25) is 0 Å². The summed E-state index contributed by atoms with van der Waals surface area (Å²) in [4.78, 5) is 0. The average Bonchev–Trinajstić information content (AvgIpc) is 2.25. The predicted octanol–water partition coefficient (Wildman–Crippen LogP) is 3.57. The van der Waals surface area contributed by atoms with E-state index in [0.29, 0.717) is 5.92 Å². The second kappa shape index (κ2) is 3.59. The highest BCUT2D eigenvalue weighted by Gasteiger charge is 2.41. The summed E-state index contributed by atoms with van der Waals surface area (Å²) in [5, 5.41) is 0. The van der Waals surface area contributed by atoms with Crippen LogP contribution in [0.5, 0.6) is 0 Å². The zero-order valence-corrected chi connectivity index (χ0v) is 10.9. The van der Waals surface area contributed by atoms with Gasteiger partial charge < -0.3 is 5.73 Å². The molecular formula is C15H23N. The van der Waals surface area contributed by atoms with Gasteiger partial charge in [-0.1, -0.05) is 52.0 Å². The Balaban J connectivity index is 2.27. The van der Waals surface area contributed by atoms with Gasteiger partial charge in [0, 0.05) is 5.54 Å². The Kier molecular flexibility index (Phi) is 2.62. The van der Waals surface area contributed by atoms with E-state index in [0.717, 1.165) is 6.42 Å².